The van der Waals surface area contributed by atoms with Crippen LogP contribution in [0.4, 0.5) is 0 Å². The standard InChI is InChI=1S/C19H29N3O2S/c1-18(2)14(16(23)22(4)5)9-10-19(18,3)17(24)21-12-13-25-15-8-6-7-11-20-15/h6-8,11,14H,9-10,12-13H2,1-5H3,(H,21,24)/t14-,19+/m0/s1. The maximum Gasteiger partial charge on any atom is 0.226 e. The number of carbonyl (C=O) groups is 2. The van der Waals surface area contributed by atoms with E-state index in [-0.39, 0.29) is 23.1 Å². The maximum absolute atomic E-state index is 12.9. The van der Waals surface area contributed by atoms with Crippen molar-refractivity contribution in [1.82, 2.24) is 15.2 Å². The lowest BCUT2D eigenvalue weighted by atomic mass is 9.65. The highest BCUT2D eigenvalue weighted by molar-refractivity contribution is 7.99. The molecule has 0 spiro atoms. The molecule has 25 heavy (non-hydrogen) atoms. The molecule has 138 valence electrons. The summed E-state index contributed by atoms with van der Waals surface area (Å²) in [7, 11) is 3.56. The van der Waals surface area contributed by atoms with Gasteiger partial charge in [-0.1, -0.05) is 26.8 Å². The average molecular weight is 364 g/mol. The second-order valence-corrected chi connectivity index (χ2v) is 8.77. The normalized spacial score (nSPS) is 24.8. The summed E-state index contributed by atoms with van der Waals surface area (Å²) < 4.78 is 0. The Hall–Kier alpha value is -1.56. The Morgan fingerprint density at radius 2 is 2.04 bits per heavy atom. The molecule has 1 heterocycles. The monoisotopic (exact) mass is 363 g/mol. The van der Waals surface area contributed by atoms with Crippen molar-refractivity contribution in [2.45, 2.75) is 38.6 Å². The molecule has 0 aliphatic heterocycles. The van der Waals surface area contributed by atoms with Crippen LogP contribution in [0, 0.1) is 16.7 Å². The molecule has 0 bridgehead atoms. The van der Waals surface area contributed by atoms with E-state index in [1.54, 1.807) is 37.0 Å². The zero-order valence-electron chi connectivity index (χ0n) is 15.8. The SMILES string of the molecule is CN(C)C(=O)[C@@H]1CC[C@](C)(C(=O)NCCSc2ccccn2)C1(C)C. The summed E-state index contributed by atoms with van der Waals surface area (Å²) in [6.07, 6.45) is 3.27. The van der Waals surface area contributed by atoms with Gasteiger partial charge in [-0.2, -0.15) is 0 Å². The zero-order valence-corrected chi connectivity index (χ0v) is 16.7. The number of nitrogens with zero attached hydrogens (tertiary/aromatic N) is 2. The molecule has 0 radical (unpaired) electrons. The Bertz CT molecular complexity index is 618. The lowest BCUT2D eigenvalue weighted by molar-refractivity contribution is -0.142. The van der Waals surface area contributed by atoms with Crippen LogP contribution in [0.5, 0.6) is 0 Å². The van der Waals surface area contributed by atoms with Gasteiger partial charge in [0.2, 0.25) is 11.8 Å². The van der Waals surface area contributed by atoms with Crippen LogP contribution < -0.4 is 5.32 Å². The number of rotatable bonds is 6. The molecule has 1 saturated carbocycles. The van der Waals surface area contributed by atoms with Crippen LogP contribution in [0.2, 0.25) is 0 Å². The van der Waals surface area contributed by atoms with E-state index < -0.39 is 5.41 Å². The van der Waals surface area contributed by atoms with Gasteiger partial charge < -0.3 is 10.2 Å². The highest BCUT2D eigenvalue weighted by Crippen LogP contribution is 2.56. The molecule has 1 aromatic rings. The first kappa shape index (κ1) is 19.8. The molecule has 1 aliphatic carbocycles. The Labute approximate surface area is 155 Å². The molecule has 1 fully saturated rings. The summed E-state index contributed by atoms with van der Waals surface area (Å²) >= 11 is 1.63. The fraction of sp³-hybridized carbons (Fsp3) is 0.632. The van der Waals surface area contributed by atoms with Crippen LogP contribution in [0.15, 0.2) is 29.4 Å². The summed E-state index contributed by atoms with van der Waals surface area (Å²) in [5, 5.41) is 4.03. The predicted octanol–water partition coefficient (Wildman–Crippen LogP) is 2.82. The van der Waals surface area contributed by atoms with Gasteiger partial charge in [0, 0.05) is 38.5 Å². The molecule has 6 heteroatoms. The number of thioether (sulfide) groups is 1. The minimum Gasteiger partial charge on any atom is -0.355 e. The number of pyridine rings is 1. The van der Waals surface area contributed by atoms with Crippen LogP contribution in [0.1, 0.15) is 33.6 Å². The van der Waals surface area contributed by atoms with E-state index >= 15 is 0 Å². The summed E-state index contributed by atoms with van der Waals surface area (Å²) in [5.41, 5.74) is -0.897. The molecule has 0 aromatic carbocycles. The molecule has 1 N–H and O–H groups in total. The van der Waals surface area contributed by atoms with Crippen molar-refractivity contribution < 1.29 is 9.59 Å². The molecule has 2 rings (SSSR count). The lowest BCUT2D eigenvalue weighted by Gasteiger charge is -2.40. The van der Waals surface area contributed by atoms with Gasteiger partial charge in [0.25, 0.3) is 0 Å². The van der Waals surface area contributed by atoms with Crippen LogP contribution in [-0.4, -0.2) is 48.1 Å². The number of nitrogens with one attached hydrogen (secondary N) is 1. The quantitative estimate of drug-likeness (QED) is 0.624. The molecule has 2 amide bonds. The third-order valence-electron chi connectivity index (χ3n) is 5.74. The smallest absolute Gasteiger partial charge is 0.226 e. The number of amides is 2. The Morgan fingerprint density at radius 1 is 1.32 bits per heavy atom. The fourth-order valence-electron chi connectivity index (χ4n) is 3.60. The van der Waals surface area contributed by atoms with Gasteiger partial charge in [0.15, 0.2) is 0 Å². The van der Waals surface area contributed by atoms with E-state index in [0.29, 0.717) is 6.54 Å². The van der Waals surface area contributed by atoms with E-state index in [2.05, 4.69) is 10.3 Å². The molecule has 1 aromatic heterocycles. The molecule has 0 saturated heterocycles. The minimum atomic E-state index is -0.529. The molecule has 1 aliphatic rings. The van der Waals surface area contributed by atoms with Gasteiger partial charge in [-0.05, 0) is 30.4 Å². The molecule has 0 unspecified atom stereocenters. The van der Waals surface area contributed by atoms with Crippen molar-refractivity contribution in [3.8, 4) is 0 Å². The average Bonchev–Trinajstić information content (AvgIpc) is 2.82. The number of hydrogen-bond donors (Lipinski definition) is 1. The van der Waals surface area contributed by atoms with Gasteiger partial charge in [0.1, 0.15) is 0 Å². The second kappa shape index (κ2) is 7.77. The van der Waals surface area contributed by atoms with Crippen LogP contribution >= 0.6 is 11.8 Å². The highest BCUT2D eigenvalue weighted by Gasteiger charge is 2.58. The summed E-state index contributed by atoms with van der Waals surface area (Å²) in [4.78, 5) is 31.2. The molecular formula is C19H29N3O2S. The molecule has 5 nitrogen and oxygen atoms in total. The zero-order chi connectivity index (χ0) is 18.7. The predicted molar refractivity (Wildman–Crippen MR) is 101 cm³/mol. The third-order valence-corrected chi connectivity index (χ3v) is 6.69. The van der Waals surface area contributed by atoms with Gasteiger partial charge in [-0.15, -0.1) is 11.8 Å². The highest BCUT2D eigenvalue weighted by atomic mass is 32.2. The largest absolute Gasteiger partial charge is 0.355 e. The van der Waals surface area contributed by atoms with Crippen LogP contribution in [0.3, 0.4) is 0 Å². The first-order valence-corrected chi connectivity index (χ1v) is 9.72. The van der Waals surface area contributed by atoms with Crippen LogP contribution in [-0.2, 0) is 9.59 Å². The van der Waals surface area contributed by atoms with Gasteiger partial charge in [-0.25, -0.2) is 4.98 Å². The summed E-state index contributed by atoms with van der Waals surface area (Å²) in [6, 6.07) is 5.81. The molecular weight excluding hydrogens is 334 g/mol. The van der Waals surface area contributed by atoms with Gasteiger partial charge in [-0.3, -0.25) is 9.59 Å². The van der Waals surface area contributed by atoms with Crippen molar-refractivity contribution in [3.05, 3.63) is 24.4 Å². The Morgan fingerprint density at radius 3 is 2.64 bits per heavy atom. The van der Waals surface area contributed by atoms with Crippen molar-refractivity contribution in [2.24, 2.45) is 16.7 Å². The van der Waals surface area contributed by atoms with Crippen LogP contribution in [0.25, 0.3) is 0 Å². The summed E-state index contributed by atoms with van der Waals surface area (Å²) in [6.45, 7) is 6.69. The van der Waals surface area contributed by atoms with E-state index in [4.69, 9.17) is 0 Å². The van der Waals surface area contributed by atoms with Gasteiger partial charge in [0.05, 0.1) is 10.4 Å². The lowest BCUT2D eigenvalue weighted by Crippen LogP contribution is -2.49. The van der Waals surface area contributed by atoms with E-state index in [1.807, 2.05) is 39.0 Å². The number of hydrogen-bond acceptors (Lipinski definition) is 4. The van der Waals surface area contributed by atoms with E-state index in [9.17, 15) is 9.59 Å². The van der Waals surface area contributed by atoms with E-state index in [1.165, 1.54) is 0 Å². The fourth-order valence-corrected chi connectivity index (χ4v) is 4.32. The topological polar surface area (TPSA) is 62.3 Å². The first-order chi connectivity index (χ1) is 11.7. The van der Waals surface area contributed by atoms with Crippen molar-refractivity contribution in [2.75, 3.05) is 26.4 Å². The molecule has 2 atom stereocenters. The van der Waals surface area contributed by atoms with E-state index in [0.717, 1.165) is 23.6 Å². The number of aromatic nitrogens is 1. The summed E-state index contributed by atoms with van der Waals surface area (Å²) in [5.74, 6) is 0.834. The second-order valence-electron chi connectivity index (χ2n) is 7.65. The van der Waals surface area contributed by atoms with Crippen molar-refractivity contribution in [3.63, 3.8) is 0 Å². The Kier molecular flexibility index (Phi) is 6.14. The third kappa shape index (κ3) is 4.00. The Balaban J connectivity index is 1.93. The maximum atomic E-state index is 12.9. The van der Waals surface area contributed by atoms with Gasteiger partial charge >= 0.3 is 0 Å². The minimum absolute atomic E-state index is 0.0492. The first-order valence-electron chi connectivity index (χ1n) is 8.73. The number of carbonyl (C=O) groups excluding carboxylic acids is 2. The van der Waals surface area contributed by atoms with Crippen molar-refractivity contribution >= 4 is 23.6 Å². The van der Waals surface area contributed by atoms with Crippen molar-refractivity contribution in [1.29, 1.82) is 0 Å².